The molecule has 0 bridgehead atoms. The summed E-state index contributed by atoms with van der Waals surface area (Å²) in [5.74, 6) is 1.64. The average Bonchev–Trinajstić information content (AvgIpc) is 2.47. The summed E-state index contributed by atoms with van der Waals surface area (Å²) in [5, 5.41) is 10.3. The van der Waals surface area contributed by atoms with Gasteiger partial charge >= 0.3 is 0 Å². The Bertz CT molecular complexity index is 372. The van der Waals surface area contributed by atoms with Crippen LogP contribution < -0.4 is 0 Å². The van der Waals surface area contributed by atoms with E-state index in [-0.39, 0.29) is 11.8 Å². The third kappa shape index (κ3) is 5.73. The zero-order valence-corrected chi connectivity index (χ0v) is 15.4. The fourth-order valence-corrected chi connectivity index (χ4v) is 4.25. The van der Waals surface area contributed by atoms with E-state index < -0.39 is 6.10 Å². The van der Waals surface area contributed by atoms with Gasteiger partial charge in [-0.05, 0) is 38.1 Å². The van der Waals surface area contributed by atoms with Crippen molar-refractivity contribution in [2.45, 2.75) is 39.2 Å². The van der Waals surface area contributed by atoms with Crippen LogP contribution in [0, 0.1) is 17.8 Å². The van der Waals surface area contributed by atoms with Gasteiger partial charge < -0.3 is 14.9 Å². The molecule has 5 nitrogen and oxygen atoms in total. The quantitative estimate of drug-likeness (QED) is 0.823. The number of nitrogens with zero attached hydrogens (tertiary/aromatic N) is 3. The molecule has 5 heteroatoms. The van der Waals surface area contributed by atoms with Crippen molar-refractivity contribution < 1.29 is 9.90 Å². The molecule has 2 aliphatic rings. The molecule has 3 unspecified atom stereocenters. The monoisotopic (exact) mass is 325 g/mol. The minimum atomic E-state index is -0.453. The van der Waals surface area contributed by atoms with Gasteiger partial charge in [-0.25, -0.2) is 0 Å². The van der Waals surface area contributed by atoms with Gasteiger partial charge in [-0.3, -0.25) is 9.69 Å². The molecule has 1 heterocycles. The smallest absolute Gasteiger partial charge is 0.225 e. The van der Waals surface area contributed by atoms with Crippen LogP contribution in [0.3, 0.4) is 0 Å². The van der Waals surface area contributed by atoms with Crippen LogP contribution in [0.2, 0.25) is 0 Å². The topological polar surface area (TPSA) is 47.0 Å². The molecule has 23 heavy (non-hydrogen) atoms. The Balaban J connectivity index is 1.76. The molecule has 0 aromatic carbocycles. The van der Waals surface area contributed by atoms with Crippen molar-refractivity contribution in [1.82, 2.24) is 14.7 Å². The maximum absolute atomic E-state index is 12.7. The summed E-state index contributed by atoms with van der Waals surface area (Å²) in [5.41, 5.74) is 0. The van der Waals surface area contributed by atoms with Crippen LogP contribution in [0.25, 0.3) is 0 Å². The molecule has 1 aliphatic heterocycles. The molecule has 134 valence electrons. The van der Waals surface area contributed by atoms with Gasteiger partial charge in [0.15, 0.2) is 0 Å². The van der Waals surface area contributed by atoms with Crippen molar-refractivity contribution >= 4 is 5.91 Å². The summed E-state index contributed by atoms with van der Waals surface area (Å²) in [6.07, 6.45) is 2.79. The van der Waals surface area contributed by atoms with E-state index in [1.807, 2.05) is 7.05 Å². The Morgan fingerprint density at radius 1 is 1.13 bits per heavy atom. The number of carbonyl (C=O) groups is 1. The SMILES string of the molecule is CC1CC(C)CC(C(=O)N(C)CC(O)CN2CCN(C)CC2)C1. The second kappa shape index (κ2) is 8.45. The molecular formula is C18H35N3O2. The number of rotatable bonds is 5. The number of piperazine rings is 1. The molecule has 2 rings (SSSR count). The van der Waals surface area contributed by atoms with Gasteiger partial charge in [-0.1, -0.05) is 13.8 Å². The first-order valence-electron chi connectivity index (χ1n) is 9.19. The van der Waals surface area contributed by atoms with Crippen LogP contribution in [0.15, 0.2) is 0 Å². The Morgan fingerprint density at radius 2 is 1.70 bits per heavy atom. The largest absolute Gasteiger partial charge is 0.390 e. The molecule has 0 aromatic rings. The molecule has 1 amide bonds. The van der Waals surface area contributed by atoms with E-state index in [1.165, 1.54) is 6.42 Å². The predicted octanol–water partition coefficient (Wildman–Crippen LogP) is 1.13. The van der Waals surface area contributed by atoms with Gasteiger partial charge in [-0.15, -0.1) is 0 Å². The first-order valence-corrected chi connectivity index (χ1v) is 9.19. The van der Waals surface area contributed by atoms with Crippen molar-refractivity contribution in [2.75, 3.05) is 53.4 Å². The summed E-state index contributed by atoms with van der Waals surface area (Å²) in [7, 11) is 3.98. The highest BCUT2D eigenvalue weighted by atomic mass is 16.3. The Hall–Kier alpha value is -0.650. The Morgan fingerprint density at radius 3 is 2.26 bits per heavy atom. The van der Waals surface area contributed by atoms with Crippen molar-refractivity contribution in [2.24, 2.45) is 17.8 Å². The number of likely N-dealkylation sites (N-methyl/N-ethyl adjacent to an activating group) is 2. The highest BCUT2D eigenvalue weighted by molar-refractivity contribution is 5.78. The van der Waals surface area contributed by atoms with E-state index in [2.05, 4.69) is 30.7 Å². The van der Waals surface area contributed by atoms with Crippen molar-refractivity contribution in [1.29, 1.82) is 0 Å². The first kappa shape index (κ1) is 18.7. The van der Waals surface area contributed by atoms with E-state index in [0.717, 1.165) is 39.0 Å². The molecule has 3 atom stereocenters. The number of carbonyl (C=O) groups excluding carboxylic acids is 1. The molecule has 1 aliphatic carbocycles. The van der Waals surface area contributed by atoms with Crippen molar-refractivity contribution in [3.63, 3.8) is 0 Å². The van der Waals surface area contributed by atoms with E-state index >= 15 is 0 Å². The van der Waals surface area contributed by atoms with E-state index in [9.17, 15) is 9.90 Å². The molecule has 0 spiro atoms. The Labute approximate surface area is 141 Å². The number of aliphatic hydroxyl groups is 1. The summed E-state index contributed by atoms with van der Waals surface area (Å²) in [6, 6.07) is 0. The standard InChI is InChI=1S/C18H35N3O2/c1-14-9-15(2)11-16(10-14)18(23)20(4)12-17(22)13-21-7-5-19(3)6-8-21/h14-17,22H,5-13H2,1-4H3. The molecule has 1 N–H and O–H groups in total. The number of aliphatic hydroxyl groups excluding tert-OH is 1. The van der Waals surface area contributed by atoms with Gasteiger partial charge in [-0.2, -0.15) is 0 Å². The average molecular weight is 325 g/mol. The van der Waals surface area contributed by atoms with Gasteiger partial charge in [0.1, 0.15) is 0 Å². The lowest BCUT2D eigenvalue weighted by atomic mass is 9.76. The number of hydrogen-bond acceptors (Lipinski definition) is 4. The minimum Gasteiger partial charge on any atom is -0.390 e. The number of hydrogen-bond donors (Lipinski definition) is 1. The van der Waals surface area contributed by atoms with Crippen LogP contribution in [0.5, 0.6) is 0 Å². The lowest BCUT2D eigenvalue weighted by Crippen LogP contribution is -2.49. The first-order chi connectivity index (χ1) is 10.8. The van der Waals surface area contributed by atoms with Crippen LogP contribution in [-0.4, -0.2) is 85.2 Å². The van der Waals surface area contributed by atoms with Crippen LogP contribution in [0.4, 0.5) is 0 Å². The number of β-amino-alcohol motifs (C(OH)–C–C–N with tert-alkyl or cyclic N) is 1. The van der Waals surface area contributed by atoms with Crippen LogP contribution in [-0.2, 0) is 4.79 Å². The van der Waals surface area contributed by atoms with Crippen molar-refractivity contribution in [3.05, 3.63) is 0 Å². The van der Waals surface area contributed by atoms with E-state index in [4.69, 9.17) is 0 Å². The van der Waals surface area contributed by atoms with E-state index in [0.29, 0.717) is 24.9 Å². The van der Waals surface area contributed by atoms with Gasteiger partial charge in [0, 0.05) is 52.2 Å². The maximum atomic E-state index is 12.7. The normalized spacial score (nSPS) is 31.8. The van der Waals surface area contributed by atoms with Gasteiger partial charge in [0.05, 0.1) is 6.10 Å². The summed E-state index contributed by atoms with van der Waals surface area (Å²) >= 11 is 0. The van der Waals surface area contributed by atoms with Crippen LogP contribution in [0.1, 0.15) is 33.1 Å². The summed E-state index contributed by atoms with van der Waals surface area (Å²) in [6.45, 7) is 9.73. The van der Waals surface area contributed by atoms with E-state index in [1.54, 1.807) is 4.90 Å². The molecule has 0 aromatic heterocycles. The van der Waals surface area contributed by atoms with Gasteiger partial charge in [0.2, 0.25) is 5.91 Å². The highest BCUT2D eigenvalue weighted by Gasteiger charge is 2.31. The molecule has 1 saturated heterocycles. The Kier molecular flexibility index (Phi) is 6.86. The lowest BCUT2D eigenvalue weighted by molar-refractivity contribution is -0.137. The second-order valence-corrected chi connectivity index (χ2v) is 8.09. The molecule has 1 saturated carbocycles. The third-order valence-corrected chi connectivity index (χ3v) is 5.45. The zero-order valence-electron chi connectivity index (χ0n) is 15.4. The minimum absolute atomic E-state index is 0.148. The molecule has 2 fully saturated rings. The summed E-state index contributed by atoms with van der Waals surface area (Å²) < 4.78 is 0. The fourth-order valence-electron chi connectivity index (χ4n) is 4.25. The second-order valence-electron chi connectivity index (χ2n) is 8.09. The lowest BCUT2D eigenvalue weighted by Gasteiger charge is -2.35. The molecule has 0 radical (unpaired) electrons. The number of amides is 1. The van der Waals surface area contributed by atoms with Crippen LogP contribution >= 0.6 is 0 Å². The molecular weight excluding hydrogens is 290 g/mol. The maximum Gasteiger partial charge on any atom is 0.225 e. The fraction of sp³-hybridized carbons (Fsp3) is 0.944. The highest BCUT2D eigenvalue weighted by Crippen LogP contribution is 2.33. The third-order valence-electron chi connectivity index (χ3n) is 5.45. The van der Waals surface area contributed by atoms with Gasteiger partial charge in [0.25, 0.3) is 0 Å². The summed E-state index contributed by atoms with van der Waals surface area (Å²) in [4.78, 5) is 19.0. The predicted molar refractivity (Wildman–Crippen MR) is 93.2 cm³/mol. The zero-order chi connectivity index (χ0) is 17.0. The van der Waals surface area contributed by atoms with Crippen molar-refractivity contribution in [3.8, 4) is 0 Å².